The highest BCUT2D eigenvalue weighted by Gasteiger charge is 2.08. The summed E-state index contributed by atoms with van der Waals surface area (Å²) in [5.41, 5.74) is 3.55. The van der Waals surface area contributed by atoms with Crippen molar-refractivity contribution >= 4 is 17.5 Å². The zero-order valence-electron chi connectivity index (χ0n) is 14.9. The molecule has 5 nitrogen and oxygen atoms in total. The Morgan fingerprint density at radius 3 is 2.23 bits per heavy atom. The first kappa shape index (κ1) is 17.6. The Balaban J connectivity index is 1.58. The van der Waals surface area contributed by atoms with E-state index in [4.69, 9.17) is 0 Å². The number of anilines is 2. The first-order valence-corrected chi connectivity index (χ1v) is 8.63. The third-order valence-electron chi connectivity index (χ3n) is 4.04. The molecule has 0 aliphatic heterocycles. The molecule has 0 saturated carbocycles. The molecule has 0 aliphatic rings. The lowest BCUT2D eigenvalue weighted by Crippen LogP contribution is -2.13. The van der Waals surface area contributed by atoms with Crippen LogP contribution < -0.4 is 10.6 Å². The summed E-state index contributed by atoms with van der Waals surface area (Å²) in [7, 11) is 0. The highest BCUT2D eigenvalue weighted by atomic mass is 16.1. The molecule has 0 unspecified atom stereocenters. The second-order valence-electron chi connectivity index (χ2n) is 6.37. The topological polar surface area (TPSA) is 66.9 Å². The van der Waals surface area contributed by atoms with E-state index in [1.54, 1.807) is 0 Å². The lowest BCUT2D eigenvalue weighted by molar-refractivity contribution is 0.102. The second kappa shape index (κ2) is 8.25. The van der Waals surface area contributed by atoms with E-state index in [0.29, 0.717) is 24.0 Å². The van der Waals surface area contributed by atoms with Crippen LogP contribution in [0.25, 0.3) is 0 Å². The van der Waals surface area contributed by atoms with Crippen LogP contribution in [0.5, 0.6) is 0 Å². The average molecular weight is 346 g/mol. The van der Waals surface area contributed by atoms with Crippen LogP contribution >= 0.6 is 0 Å². The maximum Gasteiger partial charge on any atom is 0.258 e. The Hall–Kier alpha value is -3.21. The number of benzene rings is 2. The molecule has 0 spiro atoms. The minimum Gasteiger partial charge on any atom is -0.350 e. The van der Waals surface area contributed by atoms with Crippen LogP contribution in [0.3, 0.4) is 0 Å². The summed E-state index contributed by atoms with van der Waals surface area (Å²) in [4.78, 5) is 20.7. The highest BCUT2D eigenvalue weighted by molar-refractivity contribution is 6.03. The lowest BCUT2D eigenvalue weighted by atomic mass is 10.0. The van der Waals surface area contributed by atoms with E-state index in [9.17, 15) is 4.79 Å². The largest absolute Gasteiger partial charge is 0.350 e. The number of hydrogen-bond acceptors (Lipinski definition) is 4. The van der Waals surface area contributed by atoms with E-state index >= 15 is 0 Å². The van der Waals surface area contributed by atoms with Gasteiger partial charge in [-0.3, -0.25) is 4.79 Å². The van der Waals surface area contributed by atoms with Gasteiger partial charge in [0.25, 0.3) is 5.91 Å². The van der Waals surface area contributed by atoms with Crippen LogP contribution in [0.1, 0.15) is 41.3 Å². The lowest BCUT2D eigenvalue weighted by Gasteiger charge is -2.09. The van der Waals surface area contributed by atoms with Crippen LogP contribution in [0.2, 0.25) is 0 Å². The van der Waals surface area contributed by atoms with Gasteiger partial charge in [-0.25, -0.2) is 9.97 Å². The van der Waals surface area contributed by atoms with Crippen LogP contribution in [0.15, 0.2) is 67.0 Å². The van der Waals surface area contributed by atoms with Gasteiger partial charge in [-0.15, -0.1) is 0 Å². The molecule has 0 fully saturated rings. The molecule has 5 heteroatoms. The van der Waals surface area contributed by atoms with Crippen LogP contribution in [-0.4, -0.2) is 15.9 Å². The molecule has 3 aromatic rings. The van der Waals surface area contributed by atoms with Crippen molar-refractivity contribution in [1.29, 1.82) is 0 Å². The fraction of sp³-hybridized carbons (Fsp3) is 0.190. The van der Waals surface area contributed by atoms with Crippen molar-refractivity contribution in [2.45, 2.75) is 26.3 Å². The Bertz CT molecular complexity index is 843. The molecule has 3 rings (SSSR count). The zero-order valence-corrected chi connectivity index (χ0v) is 14.9. The number of amides is 1. The molecule has 0 atom stereocenters. The summed E-state index contributed by atoms with van der Waals surface area (Å²) in [5, 5.41) is 6.00. The second-order valence-corrected chi connectivity index (χ2v) is 6.37. The summed E-state index contributed by atoms with van der Waals surface area (Å²) in [6.45, 7) is 4.91. The molecule has 0 saturated heterocycles. The number of aromatic nitrogens is 2. The van der Waals surface area contributed by atoms with Crippen molar-refractivity contribution in [2.24, 2.45) is 0 Å². The van der Waals surface area contributed by atoms with Gasteiger partial charge in [0.1, 0.15) is 0 Å². The van der Waals surface area contributed by atoms with E-state index in [0.717, 1.165) is 11.3 Å². The Kier molecular flexibility index (Phi) is 5.59. The number of carbonyl (C=O) groups excluding carboxylic acids is 1. The molecule has 0 bridgehead atoms. The summed E-state index contributed by atoms with van der Waals surface area (Å²) >= 11 is 0. The molecular formula is C21H22N4O. The van der Waals surface area contributed by atoms with Crippen molar-refractivity contribution in [3.63, 3.8) is 0 Å². The van der Waals surface area contributed by atoms with Gasteiger partial charge in [-0.2, -0.15) is 0 Å². The number of nitrogens with zero attached hydrogens (tertiary/aromatic N) is 2. The van der Waals surface area contributed by atoms with Crippen LogP contribution in [-0.2, 0) is 6.54 Å². The quantitative estimate of drug-likeness (QED) is 0.691. The van der Waals surface area contributed by atoms with Gasteiger partial charge >= 0.3 is 0 Å². The van der Waals surface area contributed by atoms with Gasteiger partial charge < -0.3 is 10.6 Å². The van der Waals surface area contributed by atoms with Crippen LogP contribution in [0.4, 0.5) is 11.6 Å². The number of rotatable bonds is 6. The SMILES string of the molecule is CC(C)c1ccc(NC(=O)c2cnc(NCc3ccccc3)nc2)cc1. The smallest absolute Gasteiger partial charge is 0.258 e. The molecule has 26 heavy (non-hydrogen) atoms. The van der Waals surface area contributed by atoms with E-state index in [-0.39, 0.29) is 5.91 Å². The number of carbonyl (C=O) groups is 1. The maximum absolute atomic E-state index is 12.3. The molecular weight excluding hydrogens is 324 g/mol. The molecule has 2 N–H and O–H groups in total. The van der Waals surface area contributed by atoms with E-state index < -0.39 is 0 Å². The zero-order chi connectivity index (χ0) is 18.4. The van der Waals surface area contributed by atoms with Crippen molar-refractivity contribution in [3.05, 3.63) is 83.7 Å². The van der Waals surface area contributed by atoms with Gasteiger partial charge in [0.2, 0.25) is 5.95 Å². The van der Waals surface area contributed by atoms with Crippen LogP contribution in [0, 0.1) is 0 Å². The van der Waals surface area contributed by atoms with E-state index in [1.165, 1.54) is 18.0 Å². The molecule has 1 aromatic heterocycles. The fourth-order valence-electron chi connectivity index (χ4n) is 2.47. The first-order chi connectivity index (χ1) is 12.6. The summed E-state index contributed by atoms with van der Waals surface area (Å²) in [6.07, 6.45) is 3.05. The Morgan fingerprint density at radius 2 is 1.62 bits per heavy atom. The maximum atomic E-state index is 12.3. The molecule has 2 aromatic carbocycles. The predicted octanol–water partition coefficient (Wildman–Crippen LogP) is 4.46. The molecule has 1 heterocycles. The minimum atomic E-state index is -0.225. The fourth-order valence-corrected chi connectivity index (χ4v) is 2.47. The van der Waals surface area contributed by atoms with Gasteiger partial charge in [-0.1, -0.05) is 56.3 Å². The normalized spacial score (nSPS) is 10.6. The van der Waals surface area contributed by atoms with E-state index in [2.05, 4.69) is 34.4 Å². The first-order valence-electron chi connectivity index (χ1n) is 8.63. The number of hydrogen-bond donors (Lipinski definition) is 2. The third kappa shape index (κ3) is 4.66. The highest BCUT2D eigenvalue weighted by Crippen LogP contribution is 2.17. The van der Waals surface area contributed by atoms with Crippen molar-refractivity contribution < 1.29 is 4.79 Å². The summed E-state index contributed by atoms with van der Waals surface area (Å²) in [5.74, 6) is 0.729. The summed E-state index contributed by atoms with van der Waals surface area (Å²) < 4.78 is 0. The van der Waals surface area contributed by atoms with E-state index in [1.807, 2.05) is 54.6 Å². The van der Waals surface area contributed by atoms with Crippen molar-refractivity contribution in [1.82, 2.24) is 9.97 Å². The standard InChI is InChI=1S/C21H22N4O/c1-15(2)17-8-10-19(11-9-17)25-20(26)18-13-23-21(24-14-18)22-12-16-6-4-3-5-7-16/h3-11,13-15H,12H2,1-2H3,(H,25,26)(H,22,23,24). The molecule has 132 valence electrons. The predicted molar refractivity (Wildman–Crippen MR) is 104 cm³/mol. The Morgan fingerprint density at radius 1 is 0.962 bits per heavy atom. The van der Waals surface area contributed by atoms with Gasteiger partial charge in [-0.05, 0) is 29.2 Å². The molecule has 0 aliphatic carbocycles. The average Bonchev–Trinajstić information content (AvgIpc) is 2.68. The van der Waals surface area contributed by atoms with Gasteiger partial charge in [0, 0.05) is 24.6 Å². The van der Waals surface area contributed by atoms with Crippen molar-refractivity contribution in [3.8, 4) is 0 Å². The minimum absolute atomic E-state index is 0.225. The van der Waals surface area contributed by atoms with Gasteiger partial charge in [0.05, 0.1) is 5.56 Å². The molecule has 1 amide bonds. The summed E-state index contributed by atoms with van der Waals surface area (Å²) in [6, 6.07) is 17.9. The third-order valence-corrected chi connectivity index (χ3v) is 4.04. The Labute approximate surface area is 153 Å². The number of nitrogens with one attached hydrogen (secondary N) is 2. The van der Waals surface area contributed by atoms with Crippen molar-refractivity contribution in [2.75, 3.05) is 10.6 Å². The van der Waals surface area contributed by atoms with Gasteiger partial charge in [0.15, 0.2) is 0 Å². The monoisotopic (exact) mass is 346 g/mol. The molecule has 0 radical (unpaired) electrons.